The summed E-state index contributed by atoms with van der Waals surface area (Å²) in [5, 5.41) is 3.74. The number of benzene rings is 2. The maximum absolute atomic E-state index is 13.8. The Morgan fingerprint density at radius 3 is 2.50 bits per heavy atom. The molecule has 2 aromatic carbocycles. The predicted octanol–water partition coefficient (Wildman–Crippen LogP) is 2.85. The van der Waals surface area contributed by atoms with E-state index in [9.17, 15) is 9.18 Å². The molecule has 1 aliphatic heterocycles. The highest BCUT2D eigenvalue weighted by Crippen LogP contribution is 2.41. The number of fused-ring (bicyclic) bond motifs is 1. The minimum Gasteiger partial charge on any atom is -0.493 e. The molecule has 1 fully saturated rings. The molecule has 0 amide bonds. The number of nitrogens with one attached hydrogen (secondary N) is 2. The van der Waals surface area contributed by atoms with Crippen molar-refractivity contribution in [2.45, 2.75) is 25.4 Å². The van der Waals surface area contributed by atoms with Crippen molar-refractivity contribution in [3.8, 4) is 17.2 Å². The van der Waals surface area contributed by atoms with Crippen LogP contribution >= 0.6 is 0 Å². The summed E-state index contributed by atoms with van der Waals surface area (Å²) in [7, 11) is 4.49. The molecular weight excluding hydrogens is 415 g/mol. The number of nitrogens with zero attached hydrogens (tertiary/aromatic N) is 2. The monoisotopic (exact) mass is 442 g/mol. The van der Waals surface area contributed by atoms with E-state index in [1.807, 2.05) is 11.0 Å². The summed E-state index contributed by atoms with van der Waals surface area (Å²) in [6, 6.07) is 8.74. The van der Waals surface area contributed by atoms with Gasteiger partial charge in [0.15, 0.2) is 11.5 Å². The van der Waals surface area contributed by atoms with Gasteiger partial charge in [-0.3, -0.25) is 9.78 Å². The summed E-state index contributed by atoms with van der Waals surface area (Å²) < 4.78 is 30.0. The minimum atomic E-state index is -0.303. The van der Waals surface area contributed by atoms with E-state index in [0.717, 1.165) is 12.8 Å². The van der Waals surface area contributed by atoms with Gasteiger partial charge in [0, 0.05) is 37.3 Å². The first kappa shape index (κ1) is 21.9. The molecule has 0 unspecified atom stereocenters. The fourth-order valence-electron chi connectivity index (χ4n) is 4.10. The lowest BCUT2D eigenvalue weighted by Gasteiger charge is -2.33. The first-order valence-electron chi connectivity index (χ1n) is 10.5. The number of aromatic nitrogens is 2. The lowest BCUT2D eigenvalue weighted by molar-refractivity contribution is 0.327. The minimum absolute atomic E-state index is 0.196. The summed E-state index contributed by atoms with van der Waals surface area (Å²) in [6.45, 7) is 1.92. The number of hydrogen-bond acceptors (Lipinski definition) is 7. The van der Waals surface area contributed by atoms with Gasteiger partial charge < -0.3 is 24.4 Å². The van der Waals surface area contributed by atoms with E-state index in [1.54, 1.807) is 18.2 Å². The Bertz CT molecular complexity index is 1160. The molecule has 2 N–H and O–H groups in total. The van der Waals surface area contributed by atoms with Gasteiger partial charge in [0.25, 0.3) is 5.56 Å². The fourth-order valence-corrected chi connectivity index (χ4v) is 4.10. The van der Waals surface area contributed by atoms with Crippen LogP contribution in [0.25, 0.3) is 10.9 Å². The van der Waals surface area contributed by atoms with Crippen molar-refractivity contribution in [2.24, 2.45) is 0 Å². The van der Waals surface area contributed by atoms with Gasteiger partial charge in [0.2, 0.25) is 11.7 Å². The highest BCUT2D eigenvalue weighted by atomic mass is 19.1. The zero-order valence-electron chi connectivity index (χ0n) is 18.4. The van der Waals surface area contributed by atoms with Crippen molar-refractivity contribution in [3.05, 3.63) is 52.1 Å². The van der Waals surface area contributed by atoms with E-state index >= 15 is 0 Å². The molecule has 32 heavy (non-hydrogen) atoms. The van der Waals surface area contributed by atoms with Gasteiger partial charge in [-0.05, 0) is 18.9 Å². The van der Waals surface area contributed by atoms with Crippen molar-refractivity contribution in [2.75, 3.05) is 39.3 Å². The van der Waals surface area contributed by atoms with Crippen molar-refractivity contribution in [3.63, 3.8) is 0 Å². The van der Waals surface area contributed by atoms with Crippen LogP contribution in [0.5, 0.6) is 17.2 Å². The third kappa shape index (κ3) is 4.20. The molecule has 4 rings (SSSR count). The van der Waals surface area contributed by atoms with Gasteiger partial charge in [-0.1, -0.05) is 18.2 Å². The maximum atomic E-state index is 13.8. The third-order valence-corrected chi connectivity index (χ3v) is 5.82. The number of H-pyrrole nitrogens is 1. The molecule has 0 aliphatic carbocycles. The fraction of sp³-hybridized carbons (Fsp3) is 0.391. The van der Waals surface area contributed by atoms with Crippen LogP contribution in [0.15, 0.2) is 35.1 Å². The molecule has 1 aromatic heterocycles. The van der Waals surface area contributed by atoms with E-state index in [2.05, 4.69) is 15.3 Å². The first-order valence-corrected chi connectivity index (χ1v) is 10.5. The van der Waals surface area contributed by atoms with Crippen LogP contribution in [0.3, 0.4) is 0 Å². The number of rotatable bonds is 7. The number of aromatic amines is 1. The molecule has 3 aromatic rings. The molecule has 0 radical (unpaired) electrons. The summed E-state index contributed by atoms with van der Waals surface area (Å²) in [5.41, 5.74) is 0.828. The Morgan fingerprint density at radius 2 is 1.84 bits per heavy atom. The molecule has 0 spiro atoms. The molecular formula is C23H27FN4O4. The van der Waals surface area contributed by atoms with E-state index in [4.69, 9.17) is 14.2 Å². The first-order chi connectivity index (χ1) is 15.5. The number of hydrogen-bond donors (Lipinski definition) is 2. The van der Waals surface area contributed by atoms with Crippen LogP contribution in [0, 0.1) is 5.82 Å². The van der Waals surface area contributed by atoms with Gasteiger partial charge in [-0.25, -0.2) is 9.37 Å². The lowest BCUT2D eigenvalue weighted by Crippen LogP contribution is -2.43. The highest BCUT2D eigenvalue weighted by Gasteiger charge is 2.24. The van der Waals surface area contributed by atoms with Gasteiger partial charge >= 0.3 is 0 Å². The summed E-state index contributed by atoms with van der Waals surface area (Å²) in [6.07, 6.45) is 1.71. The maximum Gasteiger partial charge on any atom is 0.264 e. The molecule has 8 nitrogen and oxygen atoms in total. The average Bonchev–Trinajstić information content (AvgIpc) is 2.82. The quantitative estimate of drug-likeness (QED) is 0.582. The van der Waals surface area contributed by atoms with Crippen molar-refractivity contribution < 1.29 is 18.6 Å². The Hall–Kier alpha value is -3.33. The third-order valence-electron chi connectivity index (χ3n) is 5.82. The van der Waals surface area contributed by atoms with Crippen molar-refractivity contribution in [1.82, 2.24) is 15.3 Å². The normalized spacial score (nSPS) is 14.6. The Labute approximate surface area is 185 Å². The molecule has 0 bridgehead atoms. The van der Waals surface area contributed by atoms with E-state index in [1.165, 1.54) is 27.4 Å². The second kappa shape index (κ2) is 9.44. The van der Waals surface area contributed by atoms with Crippen LogP contribution in [-0.4, -0.2) is 50.4 Å². The molecule has 1 saturated heterocycles. The lowest BCUT2D eigenvalue weighted by atomic mass is 10.0. The Kier molecular flexibility index (Phi) is 6.45. The number of ether oxygens (including phenoxy) is 3. The molecule has 1 aliphatic rings. The molecule has 0 saturated carbocycles. The van der Waals surface area contributed by atoms with E-state index in [-0.39, 0.29) is 17.4 Å². The number of halogens is 1. The van der Waals surface area contributed by atoms with Crippen LogP contribution in [0.4, 0.5) is 10.3 Å². The topological polar surface area (TPSA) is 88.7 Å². The summed E-state index contributed by atoms with van der Waals surface area (Å²) >= 11 is 0. The SMILES string of the molecule is COc1cc2nc(N3CCC(NCc4ccccc4F)CC3)[nH]c(=O)c2c(OC)c1OC. The van der Waals surface area contributed by atoms with Crippen LogP contribution in [-0.2, 0) is 6.54 Å². The molecule has 0 atom stereocenters. The molecule has 170 valence electrons. The van der Waals surface area contributed by atoms with Gasteiger partial charge in [-0.15, -0.1) is 0 Å². The zero-order valence-corrected chi connectivity index (χ0v) is 18.4. The number of methoxy groups -OCH3 is 3. The Balaban J connectivity index is 1.51. The van der Waals surface area contributed by atoms with Gasteiger partial charge in [0.1, 0.15) is 11.2 Å². The van der Waals surface area contributed by atoms with E-state index < -0.39 is 0 Å². The average molecular weight is 442 g/mol. The second-order valence-corrected chi connectivity index (χ2v) is 7.66. The Morgan fingerprint density at radius 1 is 1.12 bits per heavy atom. The van der Waals surface area contributed by atoms with Crippen molar-refractivity contribution in [1.29, 1.82) is 0 Å². The standard InChI is InChI=1S/C23H27FN4O4/c1-30-18-12-17-19(21(32-3)20(18)31-2)22(29)27-23(26-17)28-10-8-15(9-11-28)25-13-14-6-4-5-7-16(14)24/h4-7,12,15,25H,8-11,13H2,1-3H3,(H,26,27,29). The molecule has 9 heteroatoms. The predicted molar refractivity (Wildman–Crippen MR) is 120 cm³/mol. The summed E-state index contributed by atoms with van der Waals surface area (Å²) in [4.78, 5) is 22.5. The number of anilines is 1. The van der Waals surface area contributed by atoms with Gasteiger partial charge in [-0.2, -0.15) is 0 Å². The van der Waals surface area contributed by atoms with Crippen LogP contribution in [0.2, 0.25) is 0 Å². The van der Waals surface area contributed by atoms with E-state index in [0.29, 0.717) is 59.3 Å². The second-order valence-electron chi connectivity index (χ2n) is 7.66. The zero-order chi connectivity index (χ0) is 22.7. The van der Waals surface area contributed by atoms with Gasteiger partial charge in [0.05, 0.1) is 26.8 Å². The van der Waals surface area contributed by atoms with Crippen LogP contribution < -0.4 is 30.0 Å². The van der Waals surface area contributed by atoms with Crippen LogP contribution in [0.1, 0.15) is 18.4 Å². The number of piperidine rings is 1. The largest absolute Gasteiger partial charge is 0.493 e. The highest BCUT2D eigenvalue weighted by molar-refractivity contribution is 5.90. The molecule has 2 heterocycles. The van der Waals surface area contributed by atoms with Crippen molar-refractivity contribution >= 4 is 16.9 Å². The smallest absolute Gasteiger partial charge is 0.264 e. The summed E-state index contributed by atoms with van der Waals surface area (Å²) in [5.74, 6) is 1.39.